The number of nitrogens with zero attached hydrogens (tertiary/aromatic N) is 2. The zero-order valence-corrected chi connectivity index (χ0v) is 12.4. The standard InChI is InChI=1S/C15H26N2O/c1-6-8-9-13(7-2)10-14(18)15-11(3)16-17(5)12(15)4/h13H,6-10H2,1-5H3. The highest BCUT2D eigenvalue weighted by Crippen LogP contribution is 2.22. The summed E-state index contributed by atoms with van der Waals surface area (Å²) in [5, 5.41) is 4.32. The van der Waals surface area contributed by atoms with E-state index in [1.54, 1.807) is 4.68 Å². The molecule has 3 nitrogen and oxygen atoms in total. The first-order valence-corrected chi connectivity index (χ1v) is 7.04. The van der Waals surface area contributed by atoms with Crippen LogP contribution in [0.1, 0.15) is 67.7 Å². The van der Waals surface area contributed by atoms with Gasteiger partial charge < -0.3 is 0 Å². The van der Waals surface area contributed by atoms with Crippen molar-refractivity contribution in [2.75, 3.05) is 0 Å². The molecule has 1 unspecified atom stereocenters. The SMILES string of the molecule is CCCCC(CC)CC(=O)c1c(C)nn(C)c1C. The number of hydrogen-bond acceptors (Lipinski definition) is 2. The van der Waals surface area contributed by atoms with Crippen LogP contribution in [0.4, 0.5) is 0 Å². The number of unbranched alkanes of at least 4 members (excludes halogenated alkanes) is 1. The summed E-state index contributed by atoms with van der Waals surface area (Å²) in [5.41, 5.74) is 2.70. The molecule has 1 rings (SSSR count). The van der Waals surface area contributed by atoms with Gasteiger partial charge in [0.1, 0.15) is 0 Å². The molecular formula is C15H26N2O. The third kappa shape index (κ3) is 3.44. The van der Waals surface area contributed by atoms with E-state index in [0.717, 1.165) is 29.8 Å². The third-order valence-corrected chi connectivity index (χ3v) is 3.81. The Hall–Kier alpha value is -1.12. The summed E-state index contributed by atoms with van der Waals surface area (Å²) in [5.74, 6) is 0.789. The molecule has 0 fully saturated rings. The average Bonchev–Trinajstić information content (AvgIpc) is 2.58. The molecule has 18 heavy (non-hydrogen) atoms. The van der Waals surface area contributed by atoms with Crippen molar-refractivity contribution < 1.29 is 4.79 Å². The first kappa shape index (κ1) is 14.9. The zero-order chi connectivity index (χ0) is 13.7. The van der Waals surface area contributed by atoms with Crippen molar-refractivity contribution in [3.63, 3.8) is 0 Å². The maximum atomic E-state index is 12.4. The number of aromatic nitrogens is 2. The molecule has 0 aromatic carbocycles. The highest BCUT2D eigenvalue weighted by Gasteiger charge is 2.20. The van der Waals surface area contributed by atoms with E-state index in [-0.39, 0.29) is 5.78 Å². The van der Waals surface area contributed by atoms with Crippen LogP contribution in [0.5, 0.6) is 0 Å². The van der Waals surface area contributed by atoms with E-state index in [9.17, 15) is 4.79 Å². The van der Waals surface area contributed by atoms with Crippen LogP contribution in [0, 0.1) is 19.8 Å². The highest BCUT2D eigenvalue weighted by atomic mass is 16.1. The van der Waals surface area contributed by atoms with Crippen LogP contribution in [-0.4, -0.2) is 15.6 Å². The van der Waals surface area contributed by atoms with Gasteiger partial charge >= 0.3 is 0 Å². The molecule has 0 aliphatic rings. The molecule has 0 saturated carbocycles. The van der Waals surface area contributed by atoms with Gasteiger partial charge in [-0.15, -0.1) is 0 Å². The monoisotopic (exact) mass is 250 g/mol. The summed E-state index contributed by atoms with van der Waals surface area (Å²) >= 11 is 0. The quantitative estimate of drug-likeness (QED) is 0.689. The second-order valence-corrected chi connectivity index (χ2v) is 5.21. The summed E-state index contributed by atoms with van der Waals surface area (Å²) in [7, 11) is 1.90. The number of ketones is 1. The summed E-state index contributed by atoms with van der Waals surface area (Å²) in [6.45, 7) is 8.27. The fourth-order valence-corrected chi connectivity index (χ4v) is 2.48. The molecule has 0 N–H and O–H groups in total. The Morgan fingerprint density at radius 1 is 1.33 bits per heavy atom. The van der Waals surface area contributed by atoms with E-state index in [4.69, 9.17) is 0 Å². The van der Waals surface area contributed by atoms with E-state index >= 15 is 0 Å². The van der Waals surface area contributed by atoms with Crippen LogP contribution in [-0.2, 0) is 7.05 Å². The van der Waals surface area contributed by atoms with Gasteiger partial charge in [0.25, 0.3) is 0 Å². The minimum absolute atomic E-state index is 0.265. The molecule has 1 aromatic heterocycles. The van der Waals surface area contributed by atoms with Gasteiger partial charge in [-0.1, -0.05) is 39.5 Å². The van der Waals surface area contributed by atoms with Crippen molar-refractivity contribution >= 4 is 5.78 Å². The van der Waals surface area contributed by atoms with Gasteiger partial charge in [0, 0.05) is 19.2 Å². The summed E-state index contributed by atoms with van der Waals surface area (Å²) in [6, 6.07) is 0. The van der Waals surface area contributed by atoms with Crippen LogP contribution in [0.3, 0.4) is 0 Å². The Morgan fingerprint density at radius 2 is 2.00 bits per heavy atom. The maximum absolute atomic E-state index is 12.4. The Labute approximate surface area is 111 Å². The smallest absolute Gasteiger partial charge is 0.166 e. The predicted octanol–water partition coefficient (Wildman–Crippen LogP) is 3.83. The van der Waals surface area contributed by atoms with Gasteiger partial charge in [-0.2, -0.15) is 5.10 Å². The topological polar surface area (TPSA) is 34.9 Å². The molecule has 1 heterocycles. The first-order chi connectivity index (χ1) is 8.51. The van der Waals surface area contributed by atoms with Crippen LogP contribution in [0.15, 0.2) is 0 Å². The number of aryl methyl sites for hydroxylation is 2. The van der Waals surface area contributed by atoms with Crippen molar-refractivity contribution in [3.05, 3.63) is 17.0 Å². The lowest BCUT2D eigenvalue weighted by Gasteiger charge is -2.13. The van der Waals surface area contributed by atoms with E-state index in [2.05, 4.69) is 18.9 Å². The molecule has 0 spiro atoms. The van der Waals surface area contributed by atoms with E-state index in [1.807, 2.05) is 20.9 Å². The summed E-state index contributed by atoms with van der Waals surface area (Å²) < 4.78 is 1.80. The largest absolute Gasteiger partial charge is 0.294 e. The molecule has 102 valence electrons. The minimum Gasteiger partial charge on any atom is -0.294 e. The minimum atomic E-state index is 0.265. The Morgan fingerprint density at radius 3 is 2.44 bits per heavy atom. The lowest BCUT2D eigenvalue weighted by molar-refractivity contribution is 0.0955. The van der Waals surface area contributed by atoms with Gasteiger partial charge in [-0.25, -0.2) is 0 Å². The number of carbonyl (C=O) groups excluding carboxylic acids is 1. The van der Waals surface area contributed by atoms with Gasteiger partial charge in [0.05, 0.1) is 11.3 Å². The third-order valence-electron chi connectivity index (χ3n) is 3.81. The van der Waals surface area contributed by atoms with Crippen LogP contribution in [0.25, 0.3) is 0 Å². The van der Waals surface area contributed by atoms with Gasteiger partial charge in [-0.05, 0) is 19.8 Å². The van der Waals surface area contributed by atoms with Crippen molar-refractivity contribution in [1.29, 1.82) is 0 Å². The molecule has 0 saturated heterocycles. The Kier molecular flexibility index (Phi) is 5.57. The molecule has 0 bridgehead atoms. The molecule has 0 amide bonds. The second-order valence-electron chi connectivity index (χ2n) is 5.21. The molecule has 0 aliphatic heterocycles. The molecule has 1 aromatic rings. The number of Topliss-reactive ketones (excluding diaryl/α,β-unsaturated/α-hetero) is 1. The number of carbonyl (C=O) groups is 1. The van der Waals surface area contributed by atoms with Crippen LogP contribution in [0.2, 0.25) is 0 Å². The fraction of sp³-hybridized carbons (Fsp3) is 0.733. The average molecular weight is 250 g/mol. The predicted molar refractivity (Wildman–Crippen MR) is 74.9 cm³/mol. The summed E-state index contributed by atoms with van der Waals surface area (Å²) in [6.07, 6.45) is 5.34. The van der Waals surface area contributed by atoms with Crippen molar-refractivity contribution in [1.82, 2.24) is 9.78 Å². The molecular weight excluding hydrogens is 224 g/mol. The number of rotatable bonds is 7. The van der Waals surface area contributed by atoms with E-state index in [0.29, 0.717) is 12.3 Å². The van der Waals surface area contributed by atoms with Crippen LogP contribution < -0.4 is 0 Å². The van der Waals surface area contributed by atoms with Crippen molar-refractivity contribution in [2.24, 2.45) is 13.0 Å². The van der Waals surface area contributed by atoms with Gasteiger partial charge in [0.2, 0.25) is 0 Å². The van der Waals surface area contributed by atoms with Crippen molar-refractivity contribution in [2.45, 2.75) is 59.8 Å². The van der Waals surface area contributed by atoms with E-state index in [1.165, 1.54) is 12.8 Å². The highest BCUT2D eigenvalue weighted by molar-refractivity contribution is 5.98. The maximum Gasteiger partial charge on any atom is 0.166 e. The fourth-order valence-electron chi connectivity index (χ4n) is 2.48. The molecule has 0 radical (unpaired) electrons. The molecule has 3 heteroatoms. The lowest BCUT2D eigenvalue weighted by atomic mass is 9.91. The molecule has 0 aliphatic carbocycles. The lowest BCUT2D eigenvalue weighted by Crippen LogP contribution is -2.10. The molecule has 1 atom stereocenters. The Balaban J connectivity index is 2.74. The summed E-state index contributed by atoms with van der Waals surface area (Å²) in [4.78, 5) is 12.4. The zero-order valence-electron chi connectivity index (χ0n) is 12.4. The van der Waals surface area contributed by atoms with E-state index < -0.39 is 0 Å². The van der Waals surface area contributed by atoms with Crippen LogP contribution >= 0.6 is 0 Å². The number of hydrogen-bond donors (Lipinski definition) is 0. The second kappa shape index (κ2) is 6.72. The Bertz CT molecular complexity index is 407. The van der Waals surface area contributed by atoms with Gasteiger partial charge in [0.15, 0.2) is 5.78 Å². The van der Waals surface area contributed by atoms with Gasteiger partial charge in [-0.3, -0.25) is 9.48 Å². The normalized spacial score (nSPS) is 12.7. The first-order valence-electron chi connectivity index (χ1n) is 7.04. The van der Waals surface area contributed by atoms with Crippen molar-refractivity contribution in [3.8, 4) is 0 Å².